The summed E-state index contributed by atoms with van der Waals surface area (Å²) in [6.45, 7) is 0. The van der Waals surface area contributed by atoms with Crippen LogP contribution in [0.5, 0.6) is 0 Å². The second kappa shape index (κ2) is 5.20. The van der Waals surface area contributed by atoms with Crippen molar-refractivity contribution in [3.8, 4) is 0 Å². The lowest BCUT2D eigenvalue weighted by Gasteiger charge is -1.97. The number of carbonyl (C=O) groups is 1. The van der Waals surface area contributed by atoms with Crippen molar-refractivity contribution >= 4 is 39.9 Å². The molecule has 1 nitrogen and oxygen atoms in total. The summed E-state index contributed by atoms with van der Waals surface area (Å²) in [6.07, 6.45) is 4.65. The summed E-state index contributed by atoms with van der Waals surface area (Å²) in [7, 11) is 0. The van der Waals surface area contributed by atoms with E-state index in [1.165, 1.54) is 0 Å². The van der Waals surface area contributed by atoms with Gasteiger partial charge in [-0.2, -0.15) is 0 Å². The zero-order valence-corrected chi connectivity index (χ0v) is 9.18. The van der Waals surface area contributed by atoms with Crippen LogP contribution >= 0.6 is 27.5 Å². The van der Waals surface area contributed by atoms with Crippen LogP contribution in [0, 0.1) is 0 Å². The van der Waals surface area contributed by atoms with E-state index < -0.39 is 0 Å². The first kappa shape index (κ1) is 10.5. The van der Waals surface area contributed by atoms with E-state index in [0.29, 0.717) is 10.6 Å². The quantitative estimate of drug-likeness (QED) is 0.599. The topological polar surface area (TPSA) is 17.1 Å². The van der Waals surface area contributed by atoms with Crippen LogP contribution < -0.4 is 0 Å². The van der Waals surface area contributed by atoms with Crippen LogP contribution in [0.15, 0.2) is 24.3 Å². The fourth-order valence-corrected chi connectivity index (χ4v) is 1.34. The third kappa shape index (κ3) is 2.98. The van der Waals surface area contributed by atoms with Crippen LogP contribution in [0.3, 0.4) is 0 Å². The molecule has 0 saturated heterocycles. The number of rotatable bonds is 3. The normalized spacial score (nSPS) is 10.6. The Morgan fingerprint density at radius 1 is 1.46 bits per heavy atom. The largest absolute Gasteiger partial charge is 0.298 e. The Balaban J connectivity index is 2.95. The first-order chi connectivity index (χ1) is 6.27. The Bertz CT molecular complexity index is 334. The zero-order chi connectivity index (χ0) is 9.68. The summed E-state index contributed by atoms with van der Waals surface area (Å²) >= 11 is 9.11. The zero-order valence-electron chi connectivity index (χ0n) is 6.84. The lowest BCUT2D eigenvalue weighted by Crippen LogP contribution is -1.82. The molecular weight excluding hydrogens is 251 g/mol. The van der Waals surface area contributed by atoms with Gasteiger partial charge in [-0.05, 0) is 17.7 Å². The number of halogens is 2. The minimum Gasteiger partial charge on any atom is -0.298 e. The SMILES string of the molecule is O=Cc1ccc(C=CCBr)cc1Cl. The summed E-state index contributed by atoms with van der Waals surface area (Å²) < 4.78 is 0. The van der Waals surface area contributed by atoms with Gasteiger partial charge in [-0.1, -0.05) is 45.7 Å². The van der Waals surface area contributed by atoms with Gasteiger partial charge < -0.3 is 0 Å². The van der Waals surface area contributed by atoms with E-state index in [9.17, 15) is 4.79 Å². The highest BCUT2D eigenvalue weighted by molar-refractivity contribution is 9.09. The second-order valence-electron chi connectivity index (χ2n) is 2.46. The van der Waals surface area contributed by atoms with Crippen LogP contribution in [-0.2, 0) is 0 Å². The van der Waals surface area contributed by atoms with Crippen molar-refractivity contribution in [1.29, 1.82) is 0 Å². The number of allylic oxidation sites excluding steroid dienone is 1. The molecule has 0 N–H and O–H groups in total. The first-order valence-corrected chi connectivity index (χ1v) is 5.25. The van der Waals surface area contributed by atoms with E-state index in [1.807, 2.05) is 18.2 Å². The predicted molar refractivity (Wildman–Crippen MR) is 59.7 cm³/mol. The molecule has 0 saturated carbocycles. The Hall–Kier alpha value is -0.600. The molecule has 3 heteroatoms. The van der Waals surface area contributed by atoms with Crippen molar-refractivity contribution in [2.75, 3.05) is 5.33 Å². The lowest BCUT2D eigenvalue weighted by molar-refractivity contribution is 0.112. The number of carbonyl (C=O) groups excluding carboxylic acids is 1. The van der Waals surface area contributed by atoms with Crippen molar-refractivity contribution in [2.24, 2.45) is 0 Å². The molecule has 0 aliphatic heterocycles. The Morgan fingerprint density at radius 2 is 2.23 bits per heavy atom. The minimum absolute atomic E-state index is 0.492. The van der Waals surface area contributed by atoms with Crippen molar-refractivity contribution in [3.05, 3.63) is 40.4 Å². The van der Waals surface area contributed by atoms with Crippen LogP contribution in [0.4, 0.5) is 0 Å². The molecule has 0 atom stereocenters. The monoisotopic (exact) mass is 258 g/mol. The van der Waals surface area contributed by atoms with E-state index in [4.69, 9.17) is 11.6 Å². The summed E-state index contributed by atoms with van der Waals surface area (Å²) in [4.78, 5) is 10.4. The highest BCUT2D eigenvalue weighted by Gasteiger charge is 1.97. The smallest absolute Gasteiger partial charge is 0.151 e. The maximum Gasteiger partial charge on any atom is 0.151 e. The van der Waals surface area contributed by atoms with E-state index >= 15 is 0 Å². The maximum absolute atomic E-state index is 10.4. The summed E-state index contributed by atoms with van der Waals surface area (Å²) in [6, 6.07) is 5.34. The molecule has 0 heterocycles. The minimum atomic E-state index is 0.492. The third-order valence-corrected chi connectivity index (χ3v) is 2.25. The van der Waals surface area contributed by atoms with Gasteiger partial charge in [-0.15, -0.1) is 0 Å². The molecular formula is C10H8BrClO. The molecule has 0 aliphatic carbocycles. The maximum atomic E-state index is 10.4. The molecule has 0 unspecified atom stereocenters. The van der Waals surface area contributed by atoms with Gasteiger partial charge in [0, 0.05) is 10.9 Å². The molecule has 0 bridgehead atoms. The molecule has 1 aromatic carbocycles. The van der Waals surface area contributed by atoms with Gasteiger partial charge in [0.05, 0.1) is 5.02 Å². The molecule has 13 heavy (non-hydrogen) atoms. The molecule has 0 aromatic heterocycles. The number of benzene rings is 1. The van der Waals surface area contributed by atoms with Crippen LogP contribution in [0.2, 0.25) is 5.02 Å². The number of aldehydes is 1. The molecule has 0 amide bonds. The third-order valence-electron chi connectivity index (χ3n) is 1.55. The van der Waals surface area contributed by atoms with Crippen molar-refractivity contribution in [3.63, 3.8) is 0 Å². The number of alkyl halides is 1. The number of hydrogen-bond donors (Lipinski definition) is 0. The lowest BCUT2D eigenvalue weighted by atomic mass is 10.1. The summed E-state index contributed by atoms with van der Waals surface area (Å²) in [5.41, 5.74) is 1.52. The van der Waals surface area contributed by atoms with Crippen LogP contribution in [-0.4, -0.2) is 11.6 Å². The van der Waals surface area contributed by atoms with E-state index in [2.05, 4.69) is 15.9 Å². The molecule has 1 aromatic rings. The van der Waals surface area contributed by atoms with Gasteiger partial charge in [0.15, 0.2) is 6.29 Å². The van der Waals surface area contributed by atoms with Crippen LogP contribution in [0.25, 0.3) is 6.08 Å². The number of hydrogen-bond acceptors (Lipinski definition) is 1. The summed E-state index contributed by atoms with van der Waals surface area (Å²) in [5, 5.41) is 1.30. The summed E-state index contributed by atoms with van der Waals surface area (Å²) in [5.74, 6) is 0. The first-order valence-electron chi connectivity index (χ1n) is 3.75. The molecule has 0 radical (unpaired) electrons. The Kier molecular flexibility index (Phi) is 4.19. The fourth-order valence-electron chi connectivity index (χ4n) is 0.923. The highest BCUT2D eigenvalue weighted by Crippen LogP contribution is 2.16. The van der Waals surface area contributed by atoms with Crippen molar-refractivity contribution in [1.82, 2.24) is 0 Å². The van der Waals surface area contributed by atoms with E-state index in [0.717, 1.165) is 17.2 Å². The molecule has 0 aliphatic rings. The fraction of sp³-hybridized carbons (Fsp3) is 0.100. The van der Waals surface area contributed by atoms with Gasteiger partial charge in [0.25, 0.3) is 0 Å². The van der Waals surface area contributed by atoms with Crippen LogP contribution in [0.1, 0.15) is 15.9 Å². The molecule has 68 valence electrons. The van der Waals surface area contributed by atoms with Crippen molar-refractivity contribution in [2.45, 2.75) is 0 Å². The average molecular weight is 260 g/mol. The molecule has 1 rings (SSSR count). The van der Waals surface area contributed by atoms with Gasteiger partial charge in [0.2, 0.25) is 0 Å². The standard InChI is InChI=1S/C10H8BrClO/c11-5-1-2-8-3-4-9(7-13)10(12)6-8/h1-4,6-7H,5H2. The Morgan fingerprint density at radius 3 is 2.77 bits per heavy atom. The van der Waals surface area contributed by atoms with Gasteiger partial charge in [0.1, 0.15) is 0 Å². The molecule has 0 spiro atoms. The van der Waals surface area contributed by atoms with Gasteiger partial charge in [-0.3, -0.25) is 4.79 Å². The Labute approximate surface area is 90.5 Å². The van der Waals surface area contributed by atoms with Gasteiger partial charge in [-0.25, -0.2) is 0 Å². The van der Waals surface area contributed by atoms with E-state index in [-0.39, 0.29) is 0 Å². The van der Waals surface area contributed by atoms with E-state index in [1.54, 1.807) is 12.1 Å². The molecule has 0 fully saturated rings. The predicted octanol–water partition coefficient (Wildman–Crippen LogP) is 3.56. The second-order valence-corrected chi connectivity index (χ2v) is 3.51. The van der Waals surface area contributed by atoms with Gasteiger partial charge >= 0.3 is 0 Å². The van der Waals surface area contributed by atoms with Crippen molar-refractivity contribution < 1.29 is 4.79 Å². The highest BCUT2D eigenvalue weighted by atomic mass is 79.9. The average Bonchev–Trinajstić information content (AvgIpc) is 2.15.